The van der Waals surface area contributed by atoms with E-state index in [1.165, 1.54) is 20.0 Å². The summed E-state index contributed by atoms with van der Waals surface area (Å²) in [6.45, 7) is 7.32. The van der Waals surface area contributed by atoms with Gasteiger partial charge < -0.3 is 15.4 Å². The molecule has 0 amide bonds. The fraction of sp³-hybridized carbons (Fsp3) is 0.562. The zero-order valence-corrected chi connectivity index (χ0v) is 12.8. The van der Waals surface area contributed by atoms with Crippen LogP contribution in [0.15, 0.2) is 12.1 Å². The van der Waals surface area contributed by atoms with Crippen LogP contribution in [0.4, 0.5) is 11.4 Å². The molecule has 4 heteroatoms. The molecule has 4 nitrogen and oxygen atoms in total. The third-order valence-corrected chi connectivity index (χ3v) is 3.88. The Morgan fingerprint density at radius 1 is 1.45 bits per heavy atom. The Bertz CT molecular complexity index is 507. The zero-order chi connectivity index (χ0) is 14.9. The second-order valence-electron chi connectivity index (χ2n) is 5.90. The molecule has 1 aromatic carbocycles. The van der Waals surface area contributed by atoms with Gasteiger partial charge in [0, 0.05) is 24.0 Å². The average molecular weight is 276 g/mol. The summed E-state index contributed by atoms with van der Waals surface area (Å²) in [7, 11) is 1.38. The van der Waals surface area contributed by atoms with Crippen LogP contribution < -0.4 is 10.6 Å². The SMILES string of the molecule is COC(=O)c1cc(N(CC2CC2)C(C)C)cc(C)c1N. The van der Waals surface area contributed by atoms with Crippen molar-refractivity contribution in [2.45, 2.75) is 39.7 Å². The topological polar surface area (TPSA) is 55.6 Å². The average Bonchev–Trinajstić information content (AvgIpc) is 3.22. The Kier molecular flexibility index (Phi) is 4.21. The standard InChI is InChI=1S/C16H24N2O2/c1-10(2)18(9-12-5-6-12)13-7-11(3)15(17)14(8-13)16(19)20-4/h7-8,10,12H,5-6,9,17H2,1-4H3. The number of hydrogen-bond acceptors (Lipinski definition) is 4. The van der Waals surface area contributed by atoms with Crippen LogP contribution in [0.3, 0.4) is 0 Å². The molecule has 1 fully saturated rings. The lowest BCUT2D eigenvalue weighted by Gasteiger charge is -2.30. The predicted molar refractivity (Wildman–Crippen MR) is 82.1 cm³/mol. The number of methoxy groups -OCH3 is 1. The van der Waals surface area contributed by atoms with Crippen LogP contribution in [0.25, 0.3) is 0 Å². The van der Waals surface area contributed by atoms with E-state index in [4.69, 9.17) is 10.5 Å². The van der Waals surface area contributed by atoms with Gasteiger partial charge in [0.2, 0.25) is 0 Å². The maximum absolute atomic E-state index is 11.8. The molecular weight excluding hydrogens is 252 g/mol. The fourth-order valence-corrected chi connectivity index (χ4v) is 2.42. The first-order chi connectivity index (χ1) is 9.43. The van der Waals surface area contributed by atoms with E-state index in [0.29, 0.717) is 17.3 Å². The number of nitrogens with zero attached hydrogens (tertiary/aromatic N) is 1. The van der Waals surface area contributed by atoms with Crippen molar-refractivity contribution in [2.75, 3.05) is 24.3 Å². The van der Waals surface area contributed by atoms with Gasteiger partial charge in [-0.25, -0.2) is 4.79 Å². The molecule has 0 spiro atoms. The molecule has 0 radical (unpaired) electrons. The molecule has 0 saturated heterocycles. The van der Waals surface area contributed by atoms with Crippen LogP contribution in [-0.2, 0) is 4.74 Å². The van der Waals surface area contributed by atoms with Crippen LogP contribution in [-0.4, -0.2) is 25.7 Å². The van der Waals surface area contributed by atoms with Gasteiger partial charge in [-0.15, -0.1) is 0 Å². The van der Waals surface area contributed by atoms with Gasteiger partial charge in [0.1, 0.15) is 0 Å². The molecule has 1 aliphatic carbocycles. The van der Waals surface area contributed by atoms with E-state index in [9.17, 15) is 4.79 Å². The van der Waals surface area contributed by atoms with Crippen LogP contribution in [0, 0.1) is 12.8 Å². The van der Waals surface area contributed by atoms with Crippen molar-refractivity contribution in [3.05, 3.63) is 23.3 Å². The Hall–Kier alpha value is -1.71. The molecule has 0 atom stereocenters. The number of rotatable bonds is 5. The third kappa shape index (κ3) is 3.06. The van der Waals surface area contributed by atoms with E-state index in [2.05, 4.69) is 24.8 Å². The molecule has 0 aliphatic heterocycles. The van der Waals surface area contributed by atoms with Gasteiger partial charge in [0.05, 0.1) is 12.7 Å². The Morgan fingerprint density at radius 3 is 2.60 bits per heavy atom. The molecule has 1 aliphatic rings. The number of carbonyl (C=O) groups excluding carboxylic acids is 1. The first kappa shape index (κ1) is 14.7. The van der Waals surface area contributed by atoms with Gasteiger partial charge in [-0.1, -0.05) is 0 Å². The van der Waals surface area contributed by atoms with Gasteiger partial charge in [-0.2, -0.15) is 0 Å². The van der Waals surface area contributed by atoms with Gasteiger partial charge in [-0.3, -0.25) is 0 Å². The molecule has 0 bridgehead atoms. The van der Waals surface area contributed by atoms with Crippen molar-refractivity contribution in [1.82, 2.24) is 0 Å². The summed E-state index contributed by atoms with van der Waals surface area (Å²) < 4.78 is 4.82. The zero-order valence-electron chi connectivity index (χ0n) is 12.8. The van der Waals surface area contributed by atoms with E-state index in [1.807, 2.05) is 13.0 Å². The first-order valence-corrected chi connectivity index (χ1v) is 7.19. The van der Waals surface area contributed by atoms with E-state index in [1.54, 1.807) is 0 Å². The Balaban J connectivity index is 2.38. The van der Waals surface area contributed by atoms with Gasteiger partial charge in [-0.05, 0) is 57.2 Å². The van der Waals surface area contributed by atoms with Crippen molar-refractivity contribution in [3.8, 4) is 0 Å². The maximum Gasteiger partial charge on any atom is 0.340 e. The highest BCUT2D eigenvalue weighted by Gasteiger charge is 2.26. The molecule has 2 rings (SSSR count). The number of aryl methyl sites for hydroxylation is 1. The molecule has 0 unspecified atom stereocenters. The minimum atomic E-state index is -0.373. The quantitative estimate of drug-likeness (QED) is 0.663. The summed E-state index contributed by atoms with van der Waals surface area (Å²) in [6.07, 6.45) is 2.61. The summed E-state index contributed by atoms with van der Waals surface area (Å²) in [5, 5.41) is 0. The first-order valence-electron chi connectivity index (χ1n) is 7.19. The smallest absolute Gasteiger partial charge is 0.340 e. The normalized spacial score (nSPS) is 14.4. The fourth-order valence-electron chi connectivity index (χ4n) is 2.42. The van der Waals surface area contributed by atoms with Crippen LogP contribution in [0.2, 0.25) is 0 Å². The number of nitrogens with two attached hydrogens (primary N) is 1. The summed E-state index contributed by atoms with van der Waals surface area (Å²) >= 11 is 0. The highest BCUT2D eigenvalue weighted by molar-refractivity contribution is 5.97. The lowest BCUT2D eigenvalue weighted by Crippen LogP contribution is -2.33. The van der Waals surface area contributed by atoms with Crippen molar-refractivity contribution in [2.24, 2.45) is 5.92 Å². The maximum atomic E-state index is 11.8. The molecule has 0 heterocycles. The summed E-state index contributed by atoms with van der Waals surface area (Å²) in [4.78, 5) is 14.2. The molecule has 0 aromatic heterocycles. The number of ether oxygens (including phenoxy) is 1. The molecule has 20 heavy (non-hydrogen) atoms. The van der Waals surface area contributed by atoms with Crippen molar-refractivity contribution in [3.63, 3.8) is 0 Å². The predicted octanol–water partition coefficient (Wildman–Crippen LogP) is 2.99. The van der Waals surface area contributed by atoms with Crippen LogP contribution >= 0.6 is 0 Å². The van der Waals surface area contributed by atoms with Crippen LogP contribution in [0.1, 0.15) is 42.6 Å². The number of esters is 1. The lowest BCUT2D eigenvalue weighted by molar-refractivity contribution is 0.0602. The molecule has 1 saturated carbocycles. The summed E-state index contributed by atoms with van der Waals surface area (Å²) in [5.74, 6) is 0.416. The van der Waals surface area contributed by atoms with Crippen molar-refractivity contribution >= 4 is 17.3 Å². The second kappa shape index (κ2) is 5.73. The summed E-state index contributed by atoms with van der Waals surface area (Å²) in [5.41, 5.74) is 8.95. The van der Waals surface area contributed by atoms with E-state index in [-0.39, 0.29) is 5.97 Å². The number of anilines is 2. The highest BCUT2D eigenvalue weighted by Crippen LogP contribution is 2.34. The summed E-state index contributed by atoms with van der Waals surface area (Å²) in [6, 6.07) is 4.31. The molecule has 1 aromatic rings. The van der Waals surface area contributed by atoms with E-state index < -0.39 is 0 Å². The number of carbonyl (C=O) groups is 1. The van der Waals surface area contributed by atoms with Crippen molar-refractivity contribution in [1.29, 1.82) is 0 Å². The van der Waals surface area contributed by atoms with E-state index in [0.717, 1.165) is 23.7 Å². The van der Waals surface area contributed by atoms with Gasteiger partial charge >= 0.3 is 5.97 Å². The molecular formula is C16H24N2O2. The van der Waals surface area contributed by atoms with Gasteiger partial charge in [0.25, 0.3) is 0 Å². The third-order valence-electron chi connectivity index (χ3n) is 3.88. The molecule has 110 valence electrons. The van der Waals surface area contributed by atoms with Gasteiger partial charge in [0.15, 0.2) is 0 Å². The highest BCUT2D eigenvalue weighted by atomic mass is 16.5. The number of benzene rings is 1. The minimum Gasteiger partial charge on any atom is -0.465 e. The van der Waals surface area contributed by atoms with Crippen LogP contribution in [0.5, 0.6) is 0 Å². The number of nitrogen functional groups attached to an aromatic ring is 1. The molecule has 2 N–H and O–H groups in total. The van der Waals surface area contributed by atoms with Crippen molar-refractivity contribution < 1.29 is 9.53 Å². The lowest BCUT2D eigenvalue weighted by atomic mass is 10.1. The minimum absolute atomic E-state index is 0.373. The Labute approximate surface area is 120 Å². The monoisotopic (exact) mass is 276 g/mol. The number of hydrogen-bond donors (Lipinski definition) is 1. The Morgan fingerprint density at radius 2 is 2.10 bits per heavy atom. The largest absolute Gasteiger partial charge is 0.465 e. The van der Waals surface area contributed by atoms with E-state index >= 15 is 0 Å². The second-order valence-corrected chi connectivity index (χ2v) is 5.90.